The van der Waals surface area contributed by atoms with E-state index in [0.29, 0.717) is 0 Å². The third kappa shape index (κ3) is 6.47. The van der Waals surface area contributed by atoms with Gasteiger partial charge < -0.3 is 0 Å². The molecule has 0 radical (unpaired) electrons. The Hall–Kier alpha value is -1.04. The molecule has 0 bridgehead atoms. The largest absolute Gasteiger partial charge is 0.0847 e. The monoisotopic (exact) mass is 190 g/mol. The van der Waals surface area contributed by atoms with Crippen LogP contribution in [0.1, 0.15) is 41.0 Å². The van der Waals surface area contributed by atoms with Gasteiger partial charge in [-0.25, -0.2) is 0 Å². The maximum atomic E-state index is 2.21. The molecule has 0 spiro atoms. The van der Waals surface area contributed by atoms with Gasteiger partial charge in [0.05, 0.1) is 0 Å². The second-order valence-electron chi connectivity index (χ2n) is 3.62. The maximum absolute atomic E-state index is 2.21. The first-order valence-corrected chi connectivity index (χ1v) is 5.26. The van der Waals surface area contributed by atoms with E-state index in [9.17, 15) is 0 Å². The number of hydrogen-bond donors (Lipinski definition) is 0. The van der Waals surface area contributed by atoms with Crippen molar-refractivity contribution in [3.8, 4) is 0 Å². The summed E-state index contributed by atoms with van der Waals surface area (Å²) in [7, 11) is 0. The lowest BCUT2D eigenvalue weighted by Crippen LogP contribution is -1.75. The smallest absolute Gasteiger partial charge is 0.0376 e. The topological polar surface area (TPSA) is 0 Å². The van der Waals surface area contributed by atoms with E-state index in [0.717, 1.165) is 6.42 Å². The van der Waals surface area contributed by atoms with Gasteiger partial charge in [0, 0.05) is 0 Å². The lowest BCUT2D eigenvalue weighted by atomic mass is 10.1. The Morgan fingerprint density at radius 1 is 0.929 bits per heavy atom. The molecular weight excluding hydrogens is 168 g/mol. The second kappa shape index (κ2) is 7.37. The van der Waals surface area contributed by atoms with Crippen LogP contribution in [0.2, 0.25) is 0 Å². The minimum Gasteiger partial charge on any atom is -0.0847 e. The summed E-state index contributed by atoms with van der Waals surface area (Å²) in [5, 5.41) is 0. The maximum Gasteiger partial charge on any atom is -0.0376 e. The summed E-state index contributed by atoms with van der Waals surface area (Å²) in [5.74, 6) is 0. The average Bonchev–Trinajstić information content (AvgIpc) is 2.14. The second-order valence-corrected chi connectivity index (χ2v) is 3.62. The molecule has 0 atom stereocenters. The molecule has 0 fully saturated rings. The molecule has 0 heterocycles. The van der Waals surface area contributed by atoms with Crippen molar-refractivity contribution in [1.29, 1.82) is 0 Å². The minimum absolute atomic E-state index is 1.10. The van der Waals surface area contributed by atoms with E-state index in [1.54, 1.807) is 0 Å². The van der Waals surface area contributed by atoms with Crippen molar-refractivity contribution in [3.05, 3.63) is 47.1 Å². The molecule has 0 nitrogen and oxygen atoms in total. The predicted octanol–water partition coefficient (Wildman–Crippen LogP) is 4.81. The van der Waals surface area contributed by atoms with Gasteiger partial charge in [0.15, 0.2) is 0 Å². The summed E-state index contributed by atoms with van der Waals surface area (Å²) in [6, 6.07) is 0. The number of allylic oxidation sites excluding steroid dienone is 8. The minimum atomic E-state index is 1.10. The highest BCUT2D eigenvalue weighted by molar-refractivity contribution is 5.32. The molecular formula is C14H22. The third-order valence-electron chi connectivity index (χ3n) is 1.98. The zero-order valence-corrected chi connectivity index (χ0v) is 10.1. The molecule has 0 N–H and O–H groups in total. The van der Waals surface area contributed by atoms with Crippen LogP contribution in [0.3, 0.4) is 0 Å². The summed E-state index contributed by atoms with van der Waals surface area (Å²) >= 11 is 0. The molecule has 0 amide bonds. The van der Waals surface area contributed by atoms with Gasteiger partial charge in [-0.3, -0.25) is 0 Å². The first-order chi connectivity index (χ1) is 6.60. The summed E-state index contributed by atoms with van der Waals surface area (Å²) in [6.45, 7) is 10.6. The number of hydrogen-bond acceptors (Lipinski definition) is 0. The van der Waals surface area contributed by atoms with Crippen LogP contribution in [0.5, 0.6) is 0 Å². The Balaban J connectivity index is 4.49. The highest BCUT2D eigenvalue weighted by Gasteiger charge is 1.86. The molecule has 78 valence electrons. The summed E-state index contributed by atoms with van der Waals surface area (Å²) in [4.78, 5) is 0. The first kappa shape index (κ1) is 13.0. The Morgan fingerprint density at radius 2 is 1.50 bits per heavy atom. The van der Waals surface area contributed by atoms with Crippen LogP contribution in [0.4, 0.5) is 0 Å². The quantitative estimate of drug-likeness (QED) is 0.558. The van der Waals surface area contributed by atoms with E-state index in [2.05, 4.69) is 65.0 Å². The van der Waals surface area contributed by atoms with Gasteiger partial charge in [-0.1, -0.05) is 54.0 Å². The van der Waals surface area contributed by atoms with Gasteiger partial charge in [0.25, 0.3) is 0 Å². The molecule has 0 rings (SSSR count). The molecule has 0 aromatic rings. The fourth-order valence-corrected chi connectivity index (χ4v) is 1.20. The van der Waals surface area contributed by atoms with Gasteiger partial charge in [-0.05, 0) is 34.1 Å². The van der Waals surface area contributed by atoms with Crippen molar-refractivity contribution in [2.45, 2.75) is 41.0 Å². The van der Waals surface area contributed by atoms with Crippen LogP contribution in [0.15, 0.2) is 47.1 Å². The van der Waals surface area contributed by atoms with Crippen LogP contribution >= 0.6 is 0 Å². The van der Waals surface area contributed by atoms with Crippen LogP contribution in [-0.4, -0.2) is 0 Å². The van der Waals surface area contributed by atoms with Crippen LogP contribution < -0.4 is 0 Å². The lowest BCUT2D eigenvalue weighted by molar-refractivity contribution is 1.22. The molecule has 0 saturated heterocycles. The fourth-order valence-electron chi connectivity index (χ4n) is 1.20. The van der Waals surface area contributed by atoms with Crippen molar-refractivity contribution in [1.82, 2.24) is 0 Å². The van der Waals surface area contributed by atoms with Crippen molar-refractivity contribution in [2.24, 2.45) is 0 Å². The van der Waals surface area contributed by atoms with Crippen molar-refractivity contribution in [2.75, 3.05) is 0 Å². The van der Waals surface area contributed by atoms with Gasteiger partial charge in [0.1, 0.15) is 0 Å². The average molecular weight is 190 g/mol. The van der Waals surface area contributed by atoms with Gasteiger partial charge in [-0.15, -0.1) is 0 Å². The van der Waals surface area contributed by atoms with Crippen molar-refractivity contribution < 1.29 is 0 Å². The standard InChI is InChI=1S/C14H22/c1-6-8-9-13(4)11-14(5)10-12(3)7-2/h7-11H,6H2,1-5H3/b9-8-,12-7-,13-11-,14-10-. The van der Waals surface area contributed by atoms with Crippen LogP contribution in [0.25, 0.3) is 0 Å². The lowest BCUT2D eigenvalue weighted by Gasteiger charge is -1.96. The highest BCUT2D eigenvalue weighted by Crippen LogP contribution is 2.07. The highest BCUT2D eigenvalue weighted by atomic mass is 13.9. The van der Waals surface area contributed by atoms with E-state index in [1.807, 2.05) is 0 Å². The Labute approximate surface area is 88.7 Å². The number of rotatable bonds is 4. The van der Waals surface area contributed by atoms with E-state index >= 15 is 0 Å². The van der Waals surface area contributed by atoms with Crippen molar-refractivity contribution >= 4 is 0 Å². The normalized spacial score (nSPS) is 15.4. The van der Waals surface area contributed by atoms with E-state index in [4.69, 9.17) is 0 Å². The van der Waals surface area contributed by atoms with Crippen LogP contribution in [0, 0.1) is 0 Å². The van der Waals surface area contributed by atoms with Gasteiger partial charge >= 0.3 is 0 Å². The SMILES string of the molecule is C\C=C(C)/C=C(C)\C=C(C)/C=C\CC. The summed E-state index contributed by atoms with van der Waals surface area (Å²) < 4.78 is 0. The molecule has 0 unspecified atom stereocenters. The zero-order valence-electron chi connectivity index (χ0n) is 10.1. The van der Waals surface area contributed by atoms with E-state index in [-0.39, 0.29) is 0 Å². The molecule has 0 aliphatic carbocycles. The van der Waals surface area contributed by atoms with E-state index < -0.39 is 0 Å². The van der Waals surface area contributed by atoms with Gasteiger partial charge in [0.2, 0.25) is 0 Å². The van der Waals surface area contributed by atoms with Crippen LogP contribution in [-0.2, 0) is 0 Å². The van der Waals surface area contributed by atoms with Crippen molar-refractivity contribution in [3.63, 3.8) is 0 Å². The predicted molar refractivity (Wildman–Crippen MR) is 66.4 cm³/mol. The zero-order chi connectivity index (χ0) is 11.0. The molecule has 0 aromatic carbocycles. The molecule has 0 aliphatic rings. The van der Waals surface area contributed by atoms with Gasteiger partial charge in [-0.2, -0.15) is 0 Å². The molecule has 0 heteroatoms. The summed E-state index contributed by atoms with van der Waals surface area (Å²) in [5.41, 5.74) is 3.93. The molecule has 0 aromatic heterocycles. The molecule has 0 saturated carbocycles. The first-order valence-electron chi connectivity index (χ1n) is 5.26. The third-order valence-corrected chi connectivity index (χ3v) is 1.98. The Morgan fingerprint density at radius 3 is 2.00 bits per heavy atom. The Bertz CT molecular complexity index is 272. The van der Waals surface area contributed by atoms with E-state index in [1.165, 1.54) is 16.7 Å². The fraction of sp³-hybridized carbons (Fsp3) is 0.429. The molecule has 0 aliphatic heterocycles. The molecule has 14 heavy (non-hydrogen) atoms. The Kier molecular flexibility index (Phi) is 6.82. The summed E-state index contributed by atoms with van der Waals surface area (Å²) in [6.07, 6.45) is 12.0.